The lowest BCUT2D eigenvalue weighted by molar-refractivity contribution is 1.36. The molecule has 0 spiro atoms. The van der Waals surface area contributed by atoms with Gasteiger partial charge in [0.2, 0.25) is 0 Å². The van der Waals surface area contributed by atoms with Crippen molar-refractivity contribution in [3.8, 4) is 0 Å². The second-order valence-electron chi connectivity index (χ2n) is 4.38. The summed E-state index contributed by atoms with van der Waals surface area (Å²) in [5, 5.41) is 6.23. The molecule has 0 aliphatic carbocycles. The molecule has 3 rings (SSSR count). The molecule has 0 amide bonds. The molecule has 0 aliphatic rings. The summed E-state index contributed by atoms with van der Waals surface area (Å²) in [5.41, 5.74) is 8.52. The van der Waals surface area contributed by atoms with Gasteiger partial charge in [0.25, 0.3) is 0 Å². The minimum atomic E-state index is 0.500. The van der Waals surface area contributed by atoms with Gasteiger partial charge in [-0.2, -0.15) is 0 Å². The lowest BCUT2D eigenvalue weighted by Gasteiger charge is -2.12. The molecule has 1 aromatic heterocycles. The fourth-order valence-electron chi connectivity index (χ4n) is 2.03. The molecule has 0 unspecified atom stereocenters. The van der Waals surface area contributed by atoms with Crippen molar-refractivity contribution in [3.63, 3.8) is 0 Å². The molecule has 1 heterocycles. The fourth-order valence-corrected chi connectivity index (χ4v) is 2.33. The first-order valence-corrected chi connectivity index (χ1v) is 6.75. The van der Waals surface area contributed by atoms with E-state index in [-0.39, 0.29) is 0 Å². The number of pyridine rings is 1. The maximum absolute atomic E-state index is 6.19. The van der Waals surface area contributed by atoms with Crippen molar-refractivity contribution in [1.82, 2.24) is 4.98 Å². The van der Waals surface area contributed by atoms with Gasteiger partial charge in [0, 0.05) is 28.9 Å². The van der Waals surface area contributed by atoms with Crippen LogP contribution in [0.25, 0.3) is 10.8 Å². The quantitative estimate of drug-likeness (QED) is 0.664. The highest BCUT2D eigenvalue weighted by Crippen LogP contribution is 2.32. The minimum absolute atomic E-state index is 0.500. The average molecular weight is 304 g/mol. The second kappa shape index (κ2) is 5.19. The summed E-state index contributed by atoms with van der Waals surface area (Å²) >= 11 is 11.9. The lowest BCUT2D eigenvalue weighted by Crippen LogP contribution is -1.97. The zero-order valence-electron chi connectivity index (χ0n) is 10.4. The van der Waals surface area contributed by atoms with Crippen LogP contribution in [0.5, 0.6) is 0 Å². The highest BCUT2D eigenvalue weighted by atomic mass is 35.5. The molecule has 0 radical (unpaired) electrons. The Bertz CT molecular complexity index is 787. The van der Waals surface area contributed by atoms with Crippen LogP contribution < -0.4 is 11.1 Å². The van der Waals surface area contributed by atoms with Gasteiger partial charge in [-0.1, -0.05) is 29.3 Å². The molecule has 100 valence electrons. The number of nitrogens with zero attached hydrogens (tertiary/aromatic N) is 1. The van der Waals surface area contributed by atoms with Gasteiger partial charge < -0.3 is 11.1 Å². The number of nitrogens with one attached hydrogen (secondary N) is 1. The van der Waals surface area contributed by atoms with E-state index in [9.17, 15) is 0 Å². The third kappa shape index (κ3) is 2.38. The Balaban J connectivity index is 2.02. The molecule has 3 aromatic rings. The summed E-state index contributed by atoms with van der Waals surface area (Å²) in [6.07, 6.45) is 3.51. The molecule has 5 heteroatoms. The number of fused-ring (bicyclic) bond motifs is 1. The molecule has 3 N–H and O–H groups in total. The molecular weight excluding hydrogens is 293 g/mol. The fraction of sp³-hybridized carbons (Fsp3) is 0. The minimum Gasteiger partial charge on any atom is -0.397 e. The van der Waals surface area contributed by atoms with Crippen LogP contribution in [-0.2, 0) is 0 Å². The molecule has 0 fully saturated rings. The number of nitrogens with two attached hydrogens (primary N) is 1. The SMILES string of the molecule is Nc1c(Nc2ccc(Cl)c(Cl)c2)ccc2cnccc12. The van der Waals surface area contributed by atoms with Crippen LogP contribution in [0.15, 0.2) is 48.8 Å². The zero-order chi connectivity index (χ0) is 14.1. The van der Waals surface area contributed by atoms with E-state index in [1.807, 2.05) is 24.3 Å². The Morgan fingerprint density at radius 3 is 2.65 bits per heavy atom. The number of rotatable bonds is 2. The second-order valence-corrected chi connectivity index (χ2v) is 5.19. The average Bonchev–Trinajstić information content (AvgIpc) is 2.46. The molecule has 0 bridgehead atoms. The van der Waals surface area contributed by atoms with Crippen molar-refractivity contribution < 1.29 is 0 Å². The topological polar surface area (TPSA) is 50.9 Å². The number of benzene rings is 2. The van der Waals surface area contributed by atoms with Crippen molar-refractivity contribution in [1.29, 1.82) is 0 Å². The van der Waals surface area contributed by atoms with E-state index in [0.717, 1.165) is 22.1 Å². The van der Waals surface area contributed by atoms with Crippen molar-refractivity contribution in [2.24, 2.45) is 0 Å². The predicted molar refractivity (Wildman–Crippen MR) is 85.9 cm³/mol. The number of halogens is 2. The number of hydrogen-bond acceptors (Lipinski definition) is 3. The number of aromatic nitrogens is 1. The molecular formula is C15H11Cl2N3. The van der Waals surface area contributed by atoms with Crippen LogP contribution in [0.2, 0.25) is 10.0 Å². The Morgan fingerprint density at radius 1 is 1.00 bits per heavy atom. The van der Waals surface area contributed by atoms with Gasteiger partial charge in [-0.25, -0.2) is 0 Å². The van der Waals surface area contributed by atoms with Crippen molar-refractivity contribution in [2.45, 2.75) is 0 Å². The van der Waals surface area contributed by atoms with Gasteiger partial charge in [-0.05, 0) is 30.3 Å². The molecule has 0 saturated heterocycles. The van der Waals surface area contributed by atoms with E-state index in [1.165, 1.54) is 0 Å². The van der Waals surface area contributed by atoms with Crippen LogP contribution in [0.4, 0.5) is 17.1 Å². The van der Waals surface area contributed by atoms with Crippen LogP contribution in [-0.4, -0.2) is 4.98 Å². The smallest absolute Gasteiger partial charge is 0.0634 e. The van der Waals surface area contributed by atoms with Gasteiger partial charge in [0.1, 0.15) is 0 Å². The highest BCUT2D eigenvalue weighted by molar-refractivity contribution is 6.42. The summed E-state index contributed by atoms with van der Waals surface area (Å²) in [6, 6.07) is 11.1. The van der Waals surface area contributed by atoms with E-state index in [1.54, 1.807) is 24.5 Å². The lowest BCUT2D eigenvalue weighted by atomic mass is 10.1. The third-order valence-electron chi connectivity index (χ3n) is 3.06. The first kappa shape index (κ1) is 13.0. The van der Waals surface area contributed by atoms with Crippen molar-refractivity contribution in [3.05, 3.63) is 58.8 Å². The van der Waals surface area contributed by atoms with Gasteiger partial charge in [-0.3, -0.25) is 4.98 Å². The number of nitrogen functional groups attached to an aromatic ring is 1. The van der Waals surface area contributed by atoms with Gasteiger partial charge >= 0.3 is 0 Å². The molecule has 20 heavy (non-hydrogen) atoms. The number of hydrogen-bond donors (Lipinski definition) is 2. The summed E-state index contributed by atoms with van der Waals surface area (Å²) < 4.78 is 0. The molecule has 0 atom stereocenters. The van der Waals surface area contributed by atoms with E-state index >= 15 is 0 Å². The van der Waals surface area contributed by atoms with E-state index in [0.29, 0.717) is 15.7 Å². The standard InChI is InChI=1S/C15H11Cl2N3/c16-12-3-2-10(7-13(12)17)20-14-4-1-9-8-19-6-5-11(9)15(14)18/h1-8,20H,18H2. The van der Waals surface area contributed by atoms with E-state index in [2.05, 4.69) is 10.3 Å². The maximum atomic E-state index is 6.19. The summed E-state index contributed by atoms with van der Waals surface area (Å²) in [7, 11) is 0. The van der Waals surface area contributed by atoms with Crippen LogP contribution in [0.3, 0.4) is 0 Å². The monoisotopic (exact) mass is 303 g/mol. The Hall–Kier alpha value is -1.97. The van der Waals surface area contributed by atoms with Crippen LogP contribution >= 0.6 is 23.2 Å². The first-order chi connectivity index (χ1) is 9.65. The van der Waals surface area contributed by atoms with E-state index < -0.39 is 0 Å². The van der Waals surface area contributed by atoms with Crippen LogP contribution in [0.1, 0.15) is 0 Å². The Labute approximate surface area is 126 Å². The summed E-state index contributed by atoms with van der Waals surface area (Å²) in [6.45, 7) is 0. The molecule has 3 nitrogen and oxygen atoms in total. The normalized spacial score (nSPS) is 10.7. The largest absolute Gasteiger partial charge is 0.397 e. The molecule has 2 aromatic carbocycles. The van der Waals surface area contributed by atoms with Gasteiger partial charge in [0.05, 0.1) is 21.4 Å². The van der Waals surface area contributed by atoms with E-state index in [4.69, 9.17) is 28.9 Å². The molecule has 0 saturated carbocycles. The Kier molecular flexibility index (Phi) is 3.38. The van der Waals surface area contributed by atoms with Crippen molar-refractivity contribution in [2.75, 3.05) is 11.1 Å². The zero-order valence-corrected chi connectivity index (χ0v) is 11.9. The highest BCUT2D eigenvalue weighted by Gasteiger charge is 2.06. The molecule has 0 aliphatic heterocycles. The van der Waals surface area contributed by atoms with Crippen molar-refractivity contribution >= 4 is 51.0 Å². The van der Waals surface area contributed by atoms with Crippen LogP contribution in [0, 0.1) is 0 Å². The summed E-state index contributed by atoms with van der Waals surface area (Å²) in [5.74, 6) is 0. The third-order valence-corrected chi connectivity index (χ3v) is 3.80. The predicted octanol–water partition coefficient (Wildman–Crippen LogP) is 4.87. The maximum Gasteiger partial charge on any atom is 0.0634 e. The summed E-state index contributed by atoms with van der Waals surface area (Å²) in [4.78, 5) is 4.08. The number of anilines is 3. The first-order valence-electron chi connectivity index (χ1n) is 5.99. The van der Waals surface area contributed by atoms with Gasteiger partial charge in [-0.15, -0.1) is 0 Å². The van der Waals surface area contributed by atoms with Gasteiger partial charge in [0.15, 0.2) is 0 Å². The Morgan fingerprint density at radius 2 is 1.85 bits per heavy atom.